The van der Waals surface area contributed by atoms with Gasteiger partial charge in [0.1, 0.15) is 16.8 Å². The van der Waals surface area contributed by atoms with Gasteiger partial charge in [0.2, 0.25) is 0 Å². The second-order valence-electron chi connectivity index (χ2n) is 5.85. The summed E-state index contributed by atoms with van der Waals surface area (Å²) in [6.45, 7) is 2.13. The lowest BCUT2D eigenvalue weighted by Gasteiger charge is -2.11. The van der Waals surface area contributed by atoms with E-state index in [-0.39, 0.29) is 12.6 Å². The standard InChI is InChI=1S/C20H20N2O3S/c1-2-24-20(23)18-15-8-4-6-10-17(15)26-19(18)22-13-14-7-3-5-9-16(14)25-12-11-21/h3,5,7,9,13H,2,4,6,8,10,12H2,1H3. The molecule has 3 rings (SSSR count). The molecule has 0 saturated carbocycles. The van der Waals surface area contributed by atoms with Crippen molar-refractivity contribution in [1.29, 1.82) is 5.26 Å². The molecule has 0 amide bonds. The van der Waals surface area contributed by atoms with Crippen molar-refractivity contribution >= 4 is 28.5 Å². The summed E-state index contributed by atoms with van der Waals surface area (Å²) in [5.41, 5.74) is 2.48. The number of hydrogen-bond acceptors (Lipinski definition) is 6. The predicted molar refractivity (Wildman–Crippen MR) is 102 cm³/mol. The van der Waals surface area contributed by atoms with Crippen LogP contribution >= 0.6 is 11.3 Å². The van der Waals surface area contributed by atoms with Crippen LogP contribution in [-0.4, -0.2) is 25.4 Å². The zero-order valence-corrected chi connectivity index (χ0v) is 15.5. The van der Waals surface area contributed by atoms with E-state index < -0.39 is 0 Å². The number of carbonyl (C=O) groups excluding carboxylic acids is 1. The lowest BCUT2D eigenvalue weighted by Crippen LogP contribution is -2.09. The van der Waals surface area contributed by atoms with Crippen molar-refractivity contribution in [1.82, 2.24) is 0 Å². The van der Waals surface area contributed by atoms with E-state index in [0.717, 1.165) is 36.8 Å². The number of thiophene rings is 1. The third-order valence-corrected chi connectivity index (χ3v) is 5.36. The molecule has 1 heterocycles. The average molecular weight is 368 g/mol. The number of esters is 1. The molecule has 134 valence electrons. The first-order chi connectivity index (χ1) is 12.7. The molecule has 1 aromatic carbocycles. The van der Waals surface area contributed by atoms with Crippen LogP contribution in [0.3, 0.4) is 0 Å². The van der Waals surface area contributed by atoms with E-state index in [1.165, 1.54) is 4.88 Å². The molecule has 1 aromatic heterocycles. The molecule has 26 heavy (non-hydrogen) atoms. The third kappa shape index (κ3) is 3.94. The predicted octanol–water partition coefficient (Wildman–Crippen LogP) is 4.46. The molecule has 0 unspecified atom stereocenters. The van der Waals surface area contributed by atoms with Gasteiger partial charge in [-0.2, -0.15) is 5.26 Å². The fraction of sp³-hybridized carbons (Fsp3) is 0.350. The van der Waals surface area contributed by atoms with Crippen LogP contribution in [0, 0.1) is 11.3 Å². The van der Waals surface area contributed by atoms with Gasteiger partial charge in [0.15, 0.2) is 6.61 Å². The molecule has 1 aliphatic carbocycles. The first-order valence-corrected chi connectivity index (χ1v) is 9.50. The normalized spacial score (nSPS) is 13.2. The van der Waals surface area contributed by atoms with Gasteiger partial charge in [0.25, 0.3) is 0 Å². The summed E-state index contributed by atoms with van der Waals surface area (Å²) in [4.78, 5) is 18.3. The first kappa shape index (κ1) is 18.2. The van der Waals surface area contributed by atoms with Gasteiger partial charge in [-0.1, -0.05) is 12.1 Å². The van der Waals surface area contributed by atoms with Crippen LogP contribution in [0.5, 0.6) is 5.75 Å². The highest BCUT2D eigenvalue weighted by Crippen LogP contribution is 2.40. The van der Waals surface area contributed by atoms with E-state index >= 15 is 0 Å². The Morgan fingerprint density at radius 2 is 2.15 bits per heavy atom. The number of carbonyl (C=O) groups is 1. The second kappa shape index (κ2) is 8.63. The minimum atomic E-state index is -0.298. The third-order valence-electron chi connectivity index (χ3n) is 4.16. The molecule has 1 aliphatic rings. The Labute approximate surface area is 156 Å². The number of aliphatic imine (C=N–C) groups is 1. The molecule has 0 N–H and O–H groups in total. The summed E-state index contributed by atoms with van der Waals surface area (Å²) in [5.74, 6) is 0.296. The fourth-order valence-corrected chi connectivity index (χ4v) is 4.23. The average Bonchev–Trinajstić information content (AvgIpc) is 3.04. The van der Waals surface area contributed by atoms with Gasteiger partial charge in [0, 0.05) is 16.7 Å². The van der Waals surface area contributed by atoms with Crippen molar-refractivity contribution in [3.05, 3.63) is 45.8 Å². The van der Waals surface area contributed by atoms with Crippen LogP contribution in [-0.2, 0) is 17.6 Å². The number of benzene rings is 1. The van der Waals surface area contributed by atoms with Gasteiger partial charge >= 0.3 is 5.97 Å². The number of rotatable bonds is 6. The summed E-state index contributed by atoms with van der Waals surface area (Å²) >= 11 is 1.57. The Kier molecular flexibility index (Phi) is 6.03. The minimum absolute atomic E-state index is 0.0216. The molecular weight excluding hydrogens is 348 g/mol. The molecule has 5 nitrogen and oxygen atoms in total. The maximum atomic E-state index is 12.5. The van der Waals surface area contributed by atoms with E-state index in [1.807, 2.05) is 31.2 Å². The zero-order valence-electron chi connectivity index (χ0n) is 14.7. The van der Waals surface area contributed by atoms with Crippen LogP contribution in [0.1, 0.15) is 46.1 Å². The Bertz CT molecular complexity index is 864. The van der Waals surface area contributed by atoms with E-state index in [0.29, 0.717) is 22.9 Å². The molecule has 6 heteroatoms. The van der Waals surface area contributed by atoms with Crippen molar-refractivity contribution in [3.63, 3.8) is 0 Å². The molecule has 0 bridgehead atoms. The summed E-state index contributed by atoms with van der Waals surface area (Å²) < 4.78 is 10.7. The molecule has 0 atom stereocenters. The van der Waals surface area contributed by atoms with Crippen molar-refractivity contribution in [2.75, 3.05) is 13.2 Å². The van der Waals surface area contributed by atoms with Crippen LogP contribution in [0.25, 0.3) is 0 Å². The van der Waals surface area contributed by atoms with E-state index in [1.54, 1.807) is 23.6 Å². The number of ether oxygens (including phenoxy) is 2. The molecule has 0 radical (unpaired) electrons. The summed E-state index contributed by atoms with van der Waals surface area (Å²) in [5, 5.41) is 9.40. The topological polar surface area (TPSA) is 71.7 Å². The first-order valence-electron chi connectivity index (χ1n) is 8.69. The van der Waals surface area contributed by atoms with E-state index in [2.05, 4.69) is 4.99 Å². The maximum Gasteiger partial charge on any atom is 0.341 e. The highest BCUT2D eigenvalue weighted by molar-refractivity contribution is 7.16. The quantitative estimate of drug-likeness (QED) is 0.557. The Hall–Kier alpha value is -2.65. The summed E-state index contributed by atoms with van der Waals surface area (Å²) in [6.07, 6.45) is 5.81. The smallest absolute Gasteiger partial charge is 0.341 e. The molecule has 0 spiro atoms. The fourth-order valence-electron chi connectivity index (χ4n) is 3.01. The van der Waals surface area contributed by atoms with E-state index in [4.69, 9.17) is 14.7 Å². The zero-order chi connectivity index (χ0) is 18.4. The number of nitrogens with zero attached hydrogens (tertiary/aromatic N) is 2. The van der Waals surface area contributed by atoms with Crippen molar-refractivity contribution in [2.24, 2.45) is 4.99 Å². The Balaban J connectivity index is 1.95. The largest absolute Gasteiger partial charge is 0.478 e. The number of para-hydroxylation sites is 1. The Morgan fingerprint density at radius 1 is 1.35 bits per heavy atom. The Morgan fingerprint density at radius 3 is 2.96 bits per heavy atom. The molecule has 2 aromatic rings. The van der Waals surface area contributed by atoms with Crippen LogP contribution in [0.4, 0.5) is 5.00 Å². The summed E-state index contributed by atoms with van der Waals surface area (Å²) in [6, 6.07) is 9.35. The van der Waals surface area contributed by atoms with Crippen molar-refractivity contribution in [2.45, 2.75) is 32.6 Å². The monoisotopic (exact) mass is 368 g/mol. The number of fused-ring (bicyclic) bond motifs is 1. The number of hydrogen-bond donors (Lipinski definition) is 0. The van der Waals surface area contributed by atoms with Gasteiger partial charge in [-0.25, -0.2) is 9.79 Å². The molecule has 0 fully saturated rings. The highest BCUT2D eigenvalue weighted by atomic mass is 32.1. The number of nitriles is 1. The molecular formula is C20H20N2O3S. The second-order valence-corrected chi connectivity index (χ2v) is 6.94. The molecule has 0 saturated heterocycles. The highest BCUT2D eigenvalue weighted by Gasteiger charge is 2.26. The summed E-state index contributed by atoms with van der Waals surface area (Å²) in [7, 11) is 0. The lowest BCUT2D eigenvalue weighted by molar-refractivity contribution is 0.0526. The van der Waals surface area contributed by atoms with Gasteiger partial charge < -0.3 is 9.47 Å². The van der Waals surface area contributed by atoms with Crippen molar-refractivity contribution < 1.29 is 14.3 Å². The minimum Gasteiger partial charge on any atom is -0.478 e. The van der Waals surface area contributed by atoms with Crippen LogP contribution in [0.15, 0.2) is 29.3 Å². The number of aryl methyl sites for hydroxylation is 1. The van der Waals surface area contributed by atoms with E-state index in [9.17, 15) is 4.79 Å². The maximum absolute atomic E-state index is 12.5. The van der Waals surface area contributed by atoms with Crippen LogP contribution in [0.2, 0.25) is 0 Å². The van der Waals surface area contributed by atoms with Crippen LogP contribution < -0.4 is 4.74 Å². The van der Waals surface area contributed by atoms with Gasteiger partial charge in [-0.15, -0.1) is 11.3 Å². The molecule has 0 aliphatic heterocycles. The SMILES string of the molecule is CCOC(=O)c1c(N=Cc2ccccc2OCC#N)sc2c1CCCC2. The van der Waals surface area contributed by atoms with Gasteiger partial charge in [-0.3, -0.25) is 0 Å². The van der Waals surface area contributed by atoms with Gasteiger partial charge in [-0.05, 0) is 50.3 Å². The van der Waals surface area contributed by atoms with Crippen molar-refractivity contribution in [3.8, 4) is 11.8 Å². The lowest BCUT2D eigenvalue weighted by atomic mass is 9.95. The van der Waals surface area contributed by atoms with Gasteiger partial charge in [0.05, 0.1) is 12.2 Å².